The minimum absolute atomic E-state index is 0.0411. The number of rotatable bonds is 6. The molecule has 1 aromatic rings. The Bertz CT molecular complexity index is 628. The third-order valence-electron chi connectivity index (χ3n) is 4.22. The first-order valence-electron chi connectivity index (χ1n) is 7.82. The van der Waals surface area contributed by atoms with Gasteiger partial charge in [0.05, 0.1) is 16.2 Å². The Labute approximate surface area is 132 Å². The van der Waals surface area contributed by atoms with Crippen LogP contribution in [0.3, 0.4) is 0 Å². The van der Waals surface area contributed by atoms with Crippen LogP contribution in [-0.4, -0.2) is 32.7 Å². The fraction of sp³-hybridized carbons (Fsp3) is 0.562. The molecule has 2 unspecified atom stereocenters. The van der Waals surface area contributed by atoms with Crippen LogP contribution in [0, 0.1) is 5.92 Å². The Hall–Kier alpha value is -1.40. The van der Waals surface area contributed by atoms with Crippen LogP contribution < -0.4 is 11.1 Å². The third-order valence-corrected chi connectivity index (χ3v) is 6.19. The zero-order valence-electron chi connectivity index (χ0n) is 12.9. The molecule has 0 bridgehead atoms. The van der Waals surface area contributed by atoms with Gasteiger partial charge in [0.25, 0.3) is 5.91 Å². The lowest BCUT2D eigenvalue weighted by molar-refractivity contribution is 0.0925. The normalized spacial score (nSPS) is 21.7. The highest BCUT2D eigenvalue weighted by Crippen LogP contribution is 2.25. The van der Waals surface area contributed by atoms with E-state index in [1.54, 1.807) is 18.2 Å². The summed E-state index contributed by atoms with van der Waals surface area (Å²) in [7, 11) is -3.42. The van der Waals surface area contributed by atoms with Crippen LogP contribution in [0.1, 0.15) is 43.0 Å². The number of carbonyl (C=O) groups is 1. The molecule has 1 fully saturated rings. The van der Waals surface area contributed by atoms with Gasteiger partial charge in [0.15, 0.2) is 9.84 Å². The topological polar surface area (TPSA) is 89.3 Å². The molecule has 1 saturated carbocycles. The molecular weight excluding hydrogens is 300 g/mol. The minimum atomic E-state index is -3.42. The van der Waals surface area contributed by atoms with Crippen LogP contribution in [0.4, 0.5) is 0 Å². The molecule has 3 N–H and O–H groups in total. The maximum Gasteiger partial charge on any atom is 0.252 e. The van der Waals surface area contributed by atoms with E-state index < -0.39 is 9.84 Å². The molecule has 6 heteroatoms. The van der Waals surface area contributed by atoms with Gasteiger partial charge in [0.1, 0.15) is 0 Å². The first kappa shape index (κ1) is 17.0. The van der Waals surface area contributed by atoms with E-state index in [0.29, 0.717) is 13.0 Å². The summed E-state index contributed by atoms with van der Waals surface area (Å²) in [6.07, 6.45) is 3.48. The largest absolute Gasteiger partial charge is 0.349 e. The lowest BCUT2D eigenvalue weighted by Gasteiger charge is -2.20. The van der Waals surface area contributed by atoms with Crippen molar-refractivity contribution in [2.75, 3.05) is 12.3 Å². The molecule has 0 aliphatic heterocycles. The molecule has 22 heavy (non-hydrogen) atoms. The number of amides is 1. The summed E-state index contributed by atoms with van der Waals surface area (Å²) in [5, 5.41) is 2.97. The highest BCUT2D eigenvalue weighted by Gasteiger charge is 2.29. The third kappa shape index (κ3) is 3.67. The Morgan fingerprint density at radius 3 is 2.73 bits per heavy atom. The highest BCUT2D eigenvalue weighted by molar-refractivity contribution is 7.91. The summed E-state index contributed by atoms with van der Waals surface area (Å²) in [5.74, 6) is 0.00979. The van der Waals surface area contributed by atoms with Crippen LogP contribution in [0.25, 0.3) is 0 Å². The second kappa shape index (κ2) is 7.24. The molecule has 0 heterocycles. The zero-order valence-corrected chi connectivity index (χ0v) is 13.7. The van der Waals surface area contributed by atoms with Crippen LogP contribution in [-0.2, 0) is 9.84 Å². The number of hydrogen-bond acceptors (Lipinski definition) is 4. The fourth-order valence-electron chi connectivity index (χ4n) is 3.06. The Morgan fingerprint density at radius 2 is 2.05 bits per heavy atom. The summed E-state index contributed by atoms with van der Waals surface area (Å²) in [6, 6.07) is 6.46. The van der Waals surface area contributed by atoms with Crippen LogP contribution in [0.2, 0.25) is 0 Å². The van der Waals surface area contributed by atoms with Gasteiger partial charge >= 0.3 is 0 Å². The molecule has 0 radical (unpaired) electrons. The van der Waals surface area contributed by atoms with E-state index in [-0.39, 0.29) is 34.1 Å². The standard InChI is InChI=1S/C16H24N2O3S/c1-2-10-22(20,21)15-9-4-3-7-13(15)16(19)18-14-8-5-6-12(14)11-17/h3-4,7,9,12,14H,2,5-6,8,10-11,17H2,1H3,(H,18,19). The van der Waals surface area contributed by atoms with E-state index in [1.165, 1.54) is 6.07 Å². The Morgan fingerprint density at radius 1 is 1.32 bits per heavy atom. The lowest BCUT2D eigenvalue weighted by atomic mass is 10.0. The van der Waals surface area contributed by atoms with Crippen molar-refractivity contribution in [3.8, 4) is 0 Å². The smallest absolute Gasteiger partial charge is 0.252 e. The zero-order chi connectivity index (χ0) is 16.2. The molecule has 2 atom stereocenters. The molecule has 1 aliphatic rings. The van der Waals surface area contributed by atoms with Crippen molar-refractivity contribution >= 4 is 15.7 Å². The van der Waals surface area contributed by atoms with Gasteiger partial charge in [-0.25, -0.2) is 8.42 Å². The average Bonchev–Trinajstić information content (AvgIpc) is 2.94. The van der Waals surface area contributed by atoms with Crippen LogP contribution >= 0.6 is 0 Å². The van der Waals surface area contributed by atoms with Gasteiger partial charge in [-0.1, -0.05) is 25.5 Å². The number of carbonyl (C=O) groups excluding carboxylic acids is 1. The van der Waals surface area contributed by atoms with Gasteiger partial charge in [0.2, 0.25) is 0 Å². The number of sulfone groups is 1. The molecule has 0 spiro atoms. The summed E-state index contributed by atoms with van der Waals surface area (Å²) in [6.45, 7) is 2.35. The van der Waals surface area contributed by atoms with Crippen molar-refractivity contribution in [2.45, 2.75) is 43.5 Å². The molecule has 2 rings (SSSR count). The molecule has 1 amide bonds. The fourth-order valence-corrected chi connectivity index (χ4v) is 4.60. The second-order valence-electron chi connectivity index (χ2n) is 5.82. The van der Waals surface area contributed by atoms with Crippen molar-refractivity contribution < 1.29 is 13.2 Å². The Kier molecular flexibility index (Phi) is 5.58. The molecule has 122 valence electrons. The van der Waals surface area contributed by atoms with E-state index in [2.05, 4.69) is 5.32 Å². The van der Waals surface area contributed by atoms with Gasteiger partial charge in [-0.15, -0.1) is 0 Å². The highest BCUT2D eigenvalue weighted by atomic mass is 32.2. The van der Waals surface area contributed by atoms with E-state index in [4.69, 9.17) is 5.73 Å². The van der Waals surface area contributed by atoms with Gasteiger partial charge in [0, 0.05) is 6.04 Å². The number of nitrogens with one attached hydrogen (secondary N) is 1. The lowest BCUT2D eigenvalue weighted by Crippen LogP contribution is -2.40. The van der Waals surface area contributed by atoms with Crippen LogP contribution in [0.5, 0.6) is 0 Å². The van der Waals surface area contributed by atoms with E-state index >= 15 is 0 Å². The molecule has 0 saturated heterocycles. The van der Waals surface area contributed by atoms with Crippen molar-refractivity contribution in [3.05, 3.63) is 29.8 Å². The summed E-state index contributed by atoms with van der Waals surface area (Å²) in [5.41, 5.74) is 5.96. The summed E-state index contributed by atoms with van der Waals surface area (Å²) < 4.78 is 24.6. The first-order chi connectivity index (χ1) is 10.5. The maximum atomic E-state index is 12.5. The minimum Gasteiger partial charge on any atom is -0.349 e. The first-order valence-corrected chi connectivity index (χ1v) is 9.47. The van der Waals surface area contributed by atoms with Gasteiger partial charge in [-0.05, 0) is 43.9 Å². The van der Waals surface area contributed by atoms with Crippen molar-refractivity contribution in [1.29, 1.82) is 0 Å². The van der Waals surface area contributed by atoms with Crippen molar-refractivity contribution in [3.63, 3.8) is 0 Å². The van der Waals surface area contributed by atoms with E-state index in [0.717, 1.165) is 19.3 Å². The van der Waals surface area contributed by atoms with Gasteiger partial charge < -0.3 is 11.1 Å². The molecule has 5 nitrogen and oxygen atoms in total. The van der Waals surface area contributed by atoms with Gasteiger partial charge in [-0.2, -0.15) is 0 Å². The predicted octanol–water partition coefficient (Wildman–Crippen LogP) is 1.73. The summed E-state index contributed by atoms with van der Waals surface area (Å²) in [4.78, 5) is 12.6. The Balaban J connectivity index is 2.23. The number of benzene rings is 1. The molecular formula is C16H24N2O3S. The number of nitrogens with two attached hydrogens (primary N) is 1. The molecule has 0 aromatic heterocycles. The maximum absolute atomic E-state index is 12.5. The molecule has 1 aromatic carbocycles. The number of hydrogen-bond donors (Lipinski definition) is 2. The van der Waals surface area contributed by atoms with Crippen LogP contribution in [0.15, 0.2) is 29.2 Å². The predicted molar refractivity (Wildman–Crippen MR) is 86.4 cm³/mol. The summed E-state index contributed by atoms with van der Waals surface area (Å²) >= 11 is 0. The van der Waals surface area contributed by atoms with E-state index in [1.807, 2.05) is 6.92 Å². The monoisotopic (exact) mass is 324 g/mol. The van der Waals surface area contributed by atoms with E-state index in [9.17, 15) is 13.2 Å². The van der Waals surface area contributed by atoms with Crippen molar-refractivity contribution in [2.24, 2.45) is 11.7 Å². The van der Waals surface area contributed by atoms with Crippen molar-refractivity contribution in [1.82, 2.24) is 5.32 Å². The van der Waals surface area contributed by atoms with Gasteiger partial charge in [-0.3, -0.25) is 4.79 Å². The average molecular weight is 324 g/mol. The quantitative estimate of drug-likeness (QED) is 0.834. The second-order valence-corrected chi connectivity index (χ2v) is 7.90. The SMILES string of the molecule is CCCS(=O)(=O)c1ccccc1C(=O)NC1CCCC1CN. The molecule has 1 aliphatic carbocycles.